The van der Waals surface area contributed by atoms with Crippen molar-refractivity contribution < 1.29 is 77.5 Å². The van der Waals surface area contributed by atoms with E-state index < -0.39 is 109 Å². The number of carboxylic acids is 3. The summed E-state index contributed by atoms with van der Waals surface area (Å²) in [5.74, 6) is -7.97. The largest absolute Gasteiger partial charge is 0.481 e. The lowest BCUT2D eigenvalue weighted by Gasteiger charge is -2.30. The molecule has 0 spiro atoms. The number of amides is 8. The summed E-state index contributed by atoms with van der Waals surface area (Å²) in [6, 6.07) is -6.95. The number of H-pyrrole nitrogens is 1. The second-order valence-corrected chi connectivity index (χ2v) is 24.1. The van der Waals surface area contributed by atoms with E-state index in [-0.39, 0.29) is 95.9 Å². The standard InChI is InChI=1S/C62H103N15O16/c1-75-34-20-26-50(75)62(91)77-36-21-25-49(77)61(90)70-48(40-44-22-19-32-64-44)60(89)69-47(29-30-54(80)81)59(88)68-46(24-16-18-35-76(41-55(82)83)42-56(84)85)58(87)67-45(57(63)86)23-15-17-31-65-53(79)43-93-39-38-92-37-33-66-52(78)28-14-12-10-8-6-4-2-3-5-7-9-11-13-27-51-71-73-74-72-51/h22,32,45-50H,2-21,23-31,33-43H2,1H3,(H2,63,86)(H,65,79)(H,66,78)(H,67,87)(H,68,88)(H,69,89)(H,70,90)(H,80,81)(H,82,83)(H,84,85)(H,71,72,73,74)/t45-,46-,47-,48-,49-,50-/m0/s1. The summed E-state index contributed by atoms with van der Waals surface area (Å²) < 4.78 is 10.9. The van der Waals surface area contributed by atoms with Crippen molar-refractivity contribution in [2.75, 3.05) is 79.3 Å². The molecule has 0 aliphatic carbocycles. The van der Waals surface area contributed by atoms with Crippen LogP contribution >= 0.6 is 0 Å². The van der Waals surface area contributed by atoms with Crippen molar-refractivity contribution in [1.29, 1.82) is 0 Å². The summed E-state index contributed by atoms with van der Waals surface area (Å²) in [4.78, 5) is 152. The van der Waals surface area contributed by atoms with E-state index in [9.17, 15) is 68.1 Å². The van der Waals surface area contributed by atoms with E-state index >= 15 is 0 Å². The van der Waals surface area contributed by atoms with Crippen LogP contribution in [0.5, 0.6) is 0 Å². The van der Waals surface area contributed by atoms with Crippen LogP contribution in [0, 0.1) is 0 Å². The van der Waals surface area contributed by atoms with Crippen LogP contribution in [0.3, 0.4) is 0 Å². The highest BCUT2D eigenvalue weighted by atomic mass is 16.5. The fraction of sp³-hybridized carbons (Fsp3) is 0.758. The summed E-state index contributed by atoms with van der Waals surface area (Å²) in [7, 11) is 1.85. The molecule has 4 heterocycles. The van der Waals surface area contributed by atoms with Crippen LogP contribution in [0.1, 0.15) is 186 Å². The first-order valence-corrected chi connectivity index (χ1v) is 33.3. The molecule has 3 aliphatic rings. The number of likely N-dealkylation sites (N-methyl/N-ethyl adjacent to an activating group) is 1. The predicted octanol–water partition coefficient (Wildman–Crippen LogP) is 1.40. The fourth-order valence-corrected chi connectivity index (χ4v) is 11.4. The van der Waals surface area contributed by atoms with Crippen molar-refractivity contribution in [3.8, 4) is 0 Å². The Morgan fingerprint density at radius 1 is 0.624 bits per heavy atom. The van der Waals surface area contributed by atoms with Gasteiger partial charge in [-0.1, -0.05) is 81.9 Å². The van der Waals surface area contributed by atoms with Crippen molar-refractivity contribution in [1.82, 2.24) is 67.2 Å². The molecular weight excluding hydrogens is 1210 g/mol. The maximum Gasteiger partial charge on any atom is 0.317 e. The Morgan fingerprint density at radius 3 is 1.81 bits per heavy atom. The first kappa shape index (κ1) is 77.9. The second-order valence-electron chi connectivity index (χ2n) is 24.1. The fourth-order valence-electron chi connectivity index (χ4n) is 11.4. The minimum Gasteiger partial charge on any atom is -0.481 e. The molecule has 522 valence electrons. The van der Waals surface area contributed by atoms with Gasteiger partial charge in [0.25, 0.3) is 0 Å². The topological polar surface area (TPSA) is 442 Å². The van der Waals surface area contributed by atoms with Crippen molar-refractivity contribution in [2.45, 2.75) is 222 Å². The molecule has 2 fully saturated rings. The monoisotopic (exact) mass is 1310 g/mol. The number of nitrogens with two attached hydrogens (primary N) is 1. The number of tetrazole rings is 1. The molecular formula is C62H103N15O16. The molecule has 93 heavy (non-hydrogen) atoms. The summed E-state index contributed by atoms with van der Waals surface area (Å²) in [6.45, 7) is 0.786. The van der Waals surface area contributed by atoms with E-state index in [1.807, 2.05) is 11.9 Å². The average Bonchev–Trinajstić information content (AvgIpc) is 1.76. The number of aromatic nitrogens is 4. The Balaban J connectivity index is 1.18. The number of carbonyl (C=O) groups excluding carboxylic acids is 8. The number of hydrogen-bond acceptors (Lipinski definition) is 19. The van der Waals surface area contributed by atoms with Gasteiger partial charge < -0.3 is 67.3 Å². The Labute approximate surface area is 544 Å². The van der Waals surface area contributed by atoms with E-state index in [1.54, 1.807) is 12.3 Å². The normalized spacial score (nSPS) is 16.7. The third-order valence-corrected chi connectivity index (χ3v) is 16.5. The molecule has 0 radical (unpaired) electrons. The van der Waals surface area contributed by atoms with Crippen LogP contribution in [-0.2, 0) is 68.6 Å². The van der Waals surface area contributed by atoms with Gasteiger partial charge in [-0.15, -0.1) is 10.2 Å². The highest BCUT2D eigenvalue weighted by Crippen LogP contribution is 2.25. The molecule has 4 rings (SSSR count). The highest BCUT2D eigenvalue weighted by molar-refractivity contribution is 5.97. The van der Waals surface area contributed by atoms with Crippen molar-refractivity contribution in [2.24, 2.45) is 10.7 Å². The smallest absolute Gasteiger partial charge is 0.317 e. The van der Waals surface area contributed by atoms with Gasteiger partial charge in [0.2, 0.25) is 47.3 Å². The van der Waals surface area contributed by atoms with Gasteiger partial charge in [-0.05, 0) is 104 Å². The van der Waals surface area contributed by atoms with E-state index in [1.165, 1.54) is 62.7 Å². The Hall–Kier alpha value is -7.51. The number of carbonyl (C=O) groups is 11. The van der Waals surface area contributed by atoms with Gasteiger partial charge in [-0.3, -0.25) is 67.5 Å². The van der Waals surface area contributed by atoms with Gasteiger partial charge in [-0.2, -0.15) is 5.21 Å². The lowest BCUT2D eigenvalue weighted by molar-refractivity contribution is -0.142. The van der Waals surface area contributed by atoms with Crippen LogP contribution in [0.15, 0.2) is 16.8 Å². The molecule has 1 aromatic heterocycles. The zero-order valence-corrected chi connectivity index (χ0v) is 54.3. The molecule has 12 N–H and O–H groups in total. The van der Waals surface area contributed by atoms with Gasteiger partial charge in [0.15, 0.2) is 5.82 Å². The maximum atomic E-state index is 14.3. The minimum atomic E-state index is -1.60. The number of nitrogens with one attached hydrogen (secondary N) is 7. The maximum absolute atomic E-state index is 14.3. The van der Waals surface area contributed by atoms with E-state index in [4.69, 9.17) is 15.2 Å². The van der Waals surface area contributed by atoms with E-state index in [0.29, 0.717) is 57.3 Å². The number of carboxylic acid groups (broad SMARTS) is 3. The molecule has 31 heteroatoms. The molecule has 31 nitrogen and oxygen atoms in total. The Bertz CT molecular complexity index is 2540. The molecule has 8 amide bonds. The minimum absolute atomic E-state index is 0.00902. The van der Waals surface area contributed by atoms with Crippen LogP contribution in [0.25, 0.3) is 0 Å². The Morgan fingerprint density at radius 2 is 1.20 bits per heavy atom. The van der Waals surface area contributed by atoms with Crippen LogP contribution in [0.4, 0.5) is 0 Å². The molecule has 1 aromatic rings. The molecule has 3 aliphatic heterocycles. The zero-order valence-electron chi connectivity index (χ0n) is 54.3. The van der Waals surface area contributed by atoms with Gasteiger partial charge in [0, 0.05) is 63.7 Å². The molecule has 0 saturated carbocycles. The first-order chi connectivity index (χ1) is 44.8. The lowest BCUT2D eigenvalue weighted by Crippen LogP contribution is -2.59. The third-order valence-electron chi connectivity index (χ3n) is 16.5. The molecule has 0 aromatic carbocycles. The summed E-state index contributed by atoms with van der Waals surface area (Å²) in [5, 5.41) is 58.4. The molecule has 6 atom stereocenters. The van der Waals surface area contributed by atoms with Gasteiger partial charge in [0.1, 0.15) is 36.8 Å². The number of rotatable bonds is 53. The third kappa shape index (κ3) is 33.3. The lowest BCUT2D eigenvalue weighted by atomic mass is 10.0. The number of nitrogens with zero attached hydrogens (tertiary/aromatic N) is 7. The molecule has 0 unspecified atom stereocenters. The molecule has 0 bridgehead atoms. The summed E-state index contributed by atoms with van der Waals surface area (Å²) in [6.07, 6.45) is 22.3. The zero-order chi connectivity index (χ0) is 67.6. The Kier molecular flexibility index (Phi) is 38.3. The highest BCUT2D eigenvalue weighted by Gasteiger charge is 2.41. The number of allylic oxidation sites excluding steroid dienone is 1. The van der Waals surface area contributed by atoms with Crippen LogP contribution in [-0.4, -0.2) is 238 Å². The number of primary amides is 1. The van der Waals surface area contributed by atoms with E-state index in [0.717, 1.165) is 55.8 Å². The van der Waals surface area contributed by atoms with Crippen molar-refractivity contribution in [3.63, 3.8) is 0 Å². The first-order valence-electron chi connectivity index (χ1n) is 33.3. The number of hydrogen-bond donors (Lipinski definition) is 11. The van der Waals surface area contributed by atoms with Crippen molar-refractivity contribution >= 4 is 71.4 Å². The number of unbranched alkanes of at least 4 members (excludes halogenated alkanes) is 14. The number of ether oxygens (including phenoxy) is 2. The number of aliphatic carboxylic acids is 3. The summed E-state index contributed by atoms with van der Waals surface area (Å²) >= 11 is 0. The number of likely N-dealkylation sites (tertiary alicyclic amines) is 2. The van der Waals surface area contributed by atoms with Gasteiger partial charge in [-0.25, -0.2) is 0 Å². The molecule has 2 saturated heterocycles. The van der Waals surface area contributed by atoms with Crippen LogP contribution < -0.4 is 37.6 Å². The number of aliphatic imine (C=N–C) groups is 1. The van der Waals surface area contributed by atoms with Gasteiger partial charge >= 0.3 is 17.9 Å². The van der Waals surface area contributed by atoms with Crippen LogP contribution in [0.2, 0.25) is 0 Å². The predicted molar refractivity (Wildman–Crippen MR) is 340 cm³/mol. The second kappa shape index (κ2) is 45.7. The number of aromatic amines is 1. The van der Waals surface area contributed by atoms with Crippen molar-refractivity contribution in [3.05, 3.63) is 17.6 Å². The van der Waals surface area contributed by atoms with E-state index in [2.05, 4.69) is 57.5 Å². The van der Waals surface area contributed by atoms with Gasteiger partial charge in [0.05, 0.1) is 39.0 Å². The quantitative estimate of drug-likeness (QED) is 0.0411. The SMILES string of the molecule is CN1CCC[C@H]1C(=O)N1CCC[C@H]1C(=O)N[C@@H](CC1=CCC=N1)C(=O)N[C@@H](CCC(=O)O)C(=O)N[C@@H](CCCCN(CC(=O)O)CC(=O)O)C(=O)N[C@@H](CCCCNC(=O)COCCOCCNC(=O)CCCCCCCCCCCCCCCc1nn[nH]n1)C(N)=O. The summed E-state index contributed by atoms with van der Waals surface area (Å²) in [5.41, 5.74) is 6.19. The number of aryl methyl sites for hydroxylation is 1. The average molecular weight is 1310 g/mol.